The van der Waals surface area contributed by atoms with Crippen molar-refractivity contribution in [1.29, 1.82) is 0 Å². The molecule has 0 saturated heterocycles. The van der Waals surface area contributed by atoms with Crippen molar-refractivity contribution in [3.05, 3.63) is 35.4 Å². The molecule has 0 spiro atoms. The first kappa shape index (κ1) is 16.9. The topological polar surface area (TPSA) is 26.3 Å². The molecule has 0 amide bonds. The number of hydrogen-bond acceptors (Lipinski definition) is 2. The molecule has 0 radical (unpaired) electrons. The second-order valence-corrected chi connectivity index (χ2v) is 9.55. The van der Waals surface area contributed by atoms with Crippen LogP contribution < -0.4 is 0 Å². The van der Waals surface area contributed by atoms with Gasteiger partial charge >= 0.3 is 0 Å². The van der Waals surface area contributed by atoms with Crippen LogP contribution in [0.2, 0.25) is 0 Å². The van der Waals surface area contributed by atoms with Crippen molar-refractivity contribution in [2.24, 2.45) is 5.92 Å². The molecule has 1 aromatic carbocycles. The average Bonchev–Trinajstić information content (AvgIpc) is 2.34. The van der Waals surface area contributed by atoms with Gasteiger partial charge in [-0.3, -0.25) is 0 Å². The average molecular weight is 308 g/mol. The van der Waals surface area contributed by atoms with Gasteiger partial charge in [0.2, 0.25) is 0 Å². The molecule has 0 aliphatic heterocycles. The van der Waals surface area contributed by atoms with Crippen LogP contribution in [0.5, 0.6) is 0 Å². The highest BCUT2D eigenvalue weighted by atomic mass is 32.2. The van der Waals surface area contributed by atoms with Crippen LogP contribution in [-0.4, -0.2) is 19.6 Å². The lowest BCUT2D eigenvalue weighted by atomic mass is 9.80. The van der Waals surface area contributed by atoms with Crippen molar-refractivity contribution < 1.29 is 4.55 Å². The SMILES string of the molecule is Cc1ccc(CN([C@@H](C)C2CCC2)[S+]([O-])C(C)(C)C)cc1. The summed E-state index contributed by atoms with van der Waals surface area (Å²) in [7, 11) is 0. The normalized spacial score (nSPS) is 19.4. The Balaban J connectivity index is 2.16. The van der Waals surface area contributed by atoms with Crippen LogP contribution in [0.15, 0.2) is 24.3 Å². The van der Waals surface area contributed by atoms with Gasteiger partial charge in [0.05, 0.1) is 12.6 Å². The van der Waals surface area contributed by atoms with E-state index in [9.17, 15) is 4.55 Å². The fourth-order valence-electron chi connectivity index (χ4n) is 2.74. The molecule has 1 saturated carbocycles. The van der Waals surface area contributed by atoms with Gasteiger partial charge in [0.15, 0.2) is 0 Å². The maximum atomic E-state index is 13.0. The molecule has 0 heterocycles. The Morgan fingerprint density at radius 1 is 1.24 bits per heavy atom. The summed E-state index contributed by atoms with van der Waals surface area (Å²) < 4.78 is 15.0. The third kappa shape index (κ3) is 4.24. The summed E-state index contributed by atoms with van der Waals surface area (Å²) in [6, 6.07) is 8.99. The number of benzene rings is 1. The van der Waals surface area contributed by atoms with Crippen LogP contribution in [-0.2, 0) is 17.9 Å². The van der Waals surface area contributed by atoms with Gasteiger partial charge < -0.3 is 4.55 Å². The minimum Gasteiger partial charge on any atom is -0.597 e. The Morgan fingerprint density at radius 2 is 1.81 bits per heavy atom. The quantitative estimate of drug-likeness (QED) is 0.751. The first-order chi connectivity index (χ1) is 9.79. The van der Waals surface area contributed by atoms with E-state index in [-0.39, 0.29) is 4.75 Å². The lowest BCUT2D eigenvalue weighted by Crippen LogP contribution is -2.50. The third-order valence-corrected chi connectivity index (χ3v) is 6.42. The molecule has 3 heteroatoms. The monoisotopic (exact) mass is 307 g/mol. The van der Waals surface area contributed by atoms with E-state index in [1.807, 2.05) is 0 Å². The molecule has 0 bridgehead atoms. The van der Waals surface area contributed by atoms with E-state index in [2.05, 4.69) is 63.2 Å². The zero-order valence-electron chi connectivity index (χ0n) is 14.1. The second kappa shape index (κ2) is 6.72. The lowest BCUT2D eigenvalue weighted by molar-refractivity contribution is 0.168. The van der Waals surface area contributed by atoms with Crippen molar-refractivity contribution in [3.8, 4) is 0 Å². The van der Waals surface area contributed by atoms with Gasteiger partial charge in [-0.2, -0.15) is 0 Å². The molecular weight excluding hydrogens is 278 g/mol. The molecule has 1 aliphatic carbocycles. The number of aryl methyl sites for hydroxylation is 1. The summed E-state index contributed by atoms with van der Waals surface area (Å²) in [5.41, 5.74) is 2.53. The standard InChI is InChI=1S/C18H29NOS/c1-14-9-11-16(12-10-14)13-19(21(20)18(3,4)5)15(2)17-7-6-8-17/h9-12,15,17H,6-8,13H2,1-5H3/t15-,21?/m0/s1. The number of hydrogen-bond donors (Lipinski definition) is 0. The Morgan fingerprint density at radius 3 is 2.24 bits per heavy atom. The molecule has 1 aromatic rings. The molecule has 0 N–H and O–H groups in total. The number of rotatable bonds is 5. The van der Waals surface area contributed by atoms with E-state index in [0.717, 1.165) is 6.54 Å². The zero-order valence-corrected chi connectivity index (χ0v) is 14.9. The highest BCUT2D eigenvalue weighted by Gasteiger charge is 2.40. The molecule has 1 unspecified atom stereocenters. The summed E-state index contributed by atoms with van der Waals surface area (Å²) in [6.45, 7) is 11.3. The van der Waals surface area contributed by atoms with Gasteiger partial charge in [-0.05, 0) is 58.9 Å². The fraction of sp³-hybridized carbons (Fsp3) is 0.667. The summed E-state index contributed by atoms with van der Waals surface area (Å²) in [5, 5.41) is 0. The Bertz CT molecular complexity index is 447. The lowest BCUT2D eigenvalue weighted by Gasteiger charge is -2.41. The predicted octanol–water partition coefficient (Wildman–Crippen LogP) is 4.45. The zero-order chi connectivity index (χ0) is 15.6. The van der Waals surface area contributed by atoms with Crippen molar-refractivity contribution in [1.82, 2.24) is 4.31 Å². The van der Waals surface area contributed by atoms with Crippen LogP contribution in [0.3, 0.4) is 0 Å². The van der Waals surface area contributed by atoms with E-state index >= 15 is 0 Å². The molecular formula is C18H29NOS. The molecule has 0 aromatic heterocycles. The van der Waals surface area contributed by atoms with Crippen LogP contribution in [0, 0.1) is 12.8 Å². The van der Waals surface area contributed by atoms with Gasteiger partial charge in [0.1, 0.15) is 4.75 Å². The van der Waals surface area contributed by atoms with Crippen molar-refractivity contribution in [3.63, 3.8) is 0 Å². The van der Waals surface area contributed by atoms with Crippen LogP contribution in [0.1, 0.15) is 58.1 Å². The minimum absolute atomic E-state index is 0.206. The van der Waals surface area contributed by atoms with E-state index in [4.69, 9.17) is 0 Å². The molecule has 2 rings (SSSR count). The number of nitrogens with zero attached hydrogens (tertiary/aromatic N) is 1. The van der Waals surface area contributed by atoms with Gasteiger partial charge in [0, 0.05) is 11.4 Å². The summed E-state index contributed by atoms with van der Waals surface area (Å²) >= 11 is -0.966. The van der Waals surface area contributed by atoms with Crippen molar-refractivity contribution in [2.45, 2.75) is 71.2 Å². The summed E-state index contributed by atoms with van der Waals surface area (Å²) in [5.74, 6) is 0.710. The Kier molecular flexibility index (Phi) is 5.39. The van der Waals surface area contributed by atoms with Gasteiger partial charge in [-0.25, -0.2) is 0 Å². The maximum absolute atomic E-state index is 13.0. The van der Waals surface area contributed by atoms with Crippen LogP contribution in [0.25, 0.3) is 0 Å². The smallest absolute Gasteiger partial charge is 0.137 e. The highest BCUT2D eigenvalue weighted by Crippen LogP contribution is 2.36. The van der Waals surface area contributed by atoms with Crippen molar-refractivity contribution >= 4 is 11.4 Å². The largest absolute Gasteiger partial charge is 0.597 e. The molecule has 2 nitrogen and oxygen atoms in total. The molecule has 2 atom stereocenters. The van der Waals surface area contributed by atoms with E-state index < -0.39 is 11.4 Å². The van der Waals surface area contributed by atoms with Crippen LogP contribution >= 0.6 is 0 Å². The first-order valence-corrected chi connectivity index (χ1v) is 9.14. The highest BCUT2D eigenvalue weighted by molar-refractivity contribution is 7.90. The van der Waals surface area contributed by atoms with Gasteiger partial charge in [-0.1, -0.05) is 36.2 Å². The van der Waals surface area contributed by atoms with Crippen molar-refractivity contribution in [2.75, 3.05) is 0 Å². The van der Waals surface area contributed by atoms with E-state index in [1.165, 1.54) is 30.4 Å². The maximum Gasteiger partial charge on any atom is 0.137 e. The van der Waals surface area contributed by atoms with E-state index in [1.54, 1.807) is 0 Å². The predicted molar refractivity (Wildman–Crippen MR) is 91.4 cm³/mol. The summed E-state index contributed by atoms with van der Waals surface area (Å²) in [4.78, 5) is 0. The molecule has 118 valence electrons. The fourth-order valence-corrected chi connectivity index (χ4v) is 4.18. The Labute approximate surface area is 133 Å². The van der Waals surface area contributed by atoms with Gasteiger partial charge in [0.25, 0.3) is 0 Å². The first-order valence-electron chi connectivity index (χ1n) is 8.03. The van der Waals surface area contributed by atoms with Gasteiger partial charge in [-0.15, -0.1) is 4.31 Å². The molecule has 1 aliphatic rings. The second-order valence-electron chi connectivity index (χ2n) is 7.35. The van der Waals surface area contributed by atoms with E-state index in [0.29, 0.717) is 12.0 Å². The van der Waals surface area contributed by atoms with Crippen LogP contribution in [0.4, 0.5) is 0 Å². The third-order valence-electron chi connectivity index (χ3n) is 4.48. The molecule has 1 fully saturated rings. The molecule has 21 heavy (non-hydrogen) atoms. The Hall–Kier alpha value is -0.510. The summed E-state index contributed by atoms with van der Waals surface area (Å²) in [6.07, 6.45) is 3.90. The minimum atomic E-state index is -0.966.